The van der Waals surface area contributed by atoms with Gasteiger partial charge >= 0.3 is 0 Å². The zero-order valence-corrected chi connectivity index (χ0v) is 16.2. The topological polar surface area (TPSA) is 93.8 Å². The summed E-state index contributed by atoms with van der Waals surface area (Å²) in [6.45, 7) is 2.01. The number of ether oxygens (including phenoxy) is 1. The van der Waals surface area contributed by atoms with Gasteiger partial charge in [0, 0.05) is 11.4 Å². The molecule has 1 aliphatic rings. The second kappa shape index (κ2) is 7.20. The van der Waals surface area contributed by atoms with Gasteiger partial charge in [0.25, 0.3) is 10.0 Å². The van der Waals surface area contributed by atoms with Crippen LogP contribution in [-0.4, -0.2) is 26.4 Å². The molecular formula is C18H21N3O3S2. The highest BCUT2D eigenvalue weighted by Gasteiger charge is 2.29. The quantitative estimate of drug-likeness (QED) is 0.816. The summed E-state index contributed by atoms with van der Waals surface area (Å²) in [4.78, 5) is 4.74. The fourth-order valence-corrected chi connectivity index (χ4v) is 4.81. The molecule has 0 bridgehead atoms. The highest BCUT2D eigenvalue weighted by atomic mass is 32.2. The molecule has 6 nitrogen and oxygen atoms in total. The molecule has 0 saturated heterocycles. The van der Waals surface area contributed by atoms with Crippen LogP contribution >= 0.6 is 11.8 Å². The van der Waals surface area contributed by atoms with Crippen LogP contribution in [0.4, 0.5) is 5.69 Å². The van der Waals surface area contributed by atoms with E-state index in [1.807, 2.05) is 25.1 Å². The van der Waals surface area contributed by atoms with E-state index in [4.69, 9.17) is 10.5 Å². The van der Waals surface area contributed by atoms with Gasteiger partial charge in [-0.15, -0.1) is 0 Å². The van der Waals surface area contributed by atoms with E-state index in [-0.39, 0.29) is 4.90 Å². The minimum Gasteiger partial charge on any atom is -0.497 e. The summed E-state index contributed by atoms with van der Waals surface area (Å²) in [5.74, 6) is 1.48. The van der Waals surface area contributed by atoms with Gasteiger partial charge in [0.15, 0.2) is 5.17 Å². The number of nitrogens with one attached hydrogen (secondary N) is 1. The lowest BCUT2D eigenvalue weighted by Gasteiger charge is -2.30. The van der Waals surface area contributed by atoms with Crippen LogP contribution in [0.5, 0.6) is 5.75 Å². The largest absolute Gasteiger partial charge is 0.497 e. The Kier molecular flexibility index (Phi) is 5.15. The minimum absolute atomic E-state index is 0.172. The van der Waals surface area contributed by atoms with Crippen molar-refractivity contribution in [1.29, 1.82) is 0 Å². The lowest BCUT2D eigenvalue weighted by Crippen LogP contribution is -2.28. The van der Waals surface area contributed by atoms with Gasteiger partial charge in [-0.3, -0.25) is 9.71 Å². The number of sulfonamides is 1. The predicted molar refractivity (Wildman–Crippen MR) is 106 cm³/mol. The van der Waals surface area contributed by atoms with E-state index in [1.54, 1.807) is 18.2 Å². The summed E-state index contributed by atoms with van der Waals surface area (Å²) in [6.07, 6.45) is 0.840. The first-order chi connectivity index (χ1) is 12.3. The number of amidine groups is 1. The Labute approximate surface area is 157 Å². The van der Waals surface area contributed by atoms with E-state index in [1.165, 1.54) is 31.0 Å². The number of benzene rings is 2. The van der Waals surface area contributed by atoms with E-state index in [0.717, 1.165) is 17.7 Å². The summed E-state index contributed by atoms with van der Waals surface area (Å²) in [5, 5.41) is 0.558. The second-order valence-electron chi connectivity index (χ2n) is 6.18. The third-order valence-corrected chi connectivity index (χ3v) is 6.49. The molecule has 26 heavy (non-hydrogen) atoms. The molecule has 0 amide bonds. The maximum Gasteiger partial charge on any atom is 0.261 e. The number of rotatable bonds is 5. The number of aliphatic imine (C=N–C) groups is 1. The van der Waals surface area contributed by atoms with Crippen LogP contribution in [0.3, 0.4) is 0 Å². The van der Waals surface area contributed by atoms with Crippen LogP contribution in [-0.2, 0) is 15.6 Å². The second-order valence-corrected chi connectivity index (χ2v) is 8.98. The highest BCUT2D eigenvalue weighted by molar-refractivity contribution is 8.13. The number of nitrogens with zero attached hydrogens (tertiary/aromatic N) is 1. The van der Waals surface area contributed by atoms with Crippen molar-refractivity contribution in [3.05, 3.63) is 54.1 Å². The molecule has 0 saturated carbocycles. The molecule has 0 aliphatic carbocycles. The summed E-state index contributed by atoms with van der Waals surface area (Å²) in [6, 6.07) is 13.5. The Morgan fingerprint density at radius 1 is 1.23 bits per heavy atom. The molecule has 3 N–H and O–H groups in total. The van der Waals surface area contributed by atoms with Gasteiger partial charge in [0.1, 0.15) is 5.75 Å². The predicted octanol–water partition coefficient (Wildman–Crippen LogP) is 3.16. The summed E-state index contributed by atoms with van der Waals surface area (Å²) < 4.78 is 32.9. The van der Waals surface area contributed by atoms with Crippen molar-refractivity contribution in [3.8, 4) is 5.75 Å². The maximum atomic E-state index is 12.6. The fourth-order valence-electron chi connectivity index (χ4n) is 2.78. The molecule has 1 unspecified atom stereocenters. The zero-order chi connectivity index (χ0) is 18.8. The van der Waals surface area contributed by atoms with Crippen LogP contribution in [0, 0.1) is 0 Å². The molecule has 2 aromatic carbocycles. The van der Waals surface area contributed by atoms with Crippen LogP contribution in [0.1, 0.15) is 18.9 Å². The smallest absolute Gasteiger partial charge is 0.261 e. The van der Waals surface area contributed by atoms with E-state index in [0.29, 0.717) is 16.6 Å². The number of hydrogen-bond donors (Lipinski definition) is 2. The Morgan fingerprint density at radius 2 is 1.96 bits per heavy atom. The van der Waals surface area contributed by atoms with Gasteiger partial charge in [-0.2, -0.15) is 0 Å². The molecule has 1 atom stereocenters. The van der Waals surface area contributed by atoms with Crippen molar-refractivity contribution in [2.75, 3.05) is 17.6 Å². The molecule has 1 heterocycles. The lowest BCUT2D eigenvalue weighted by molar-refractivity contribution is 0.414. The van der Waals surface area contributed by atoms with E-state index >= 15 is 0 Å². The third kappa shape index (κ3) is 3.96. The first-order valence-electron chi connectivity index (χ1n) is 8.08. The standard InChI is InChI=1S/C18H21N3O3S2/c1-18(10-11-25-17(19)20-18)13-4-3-5-14(12-13)21-26(22,23)16-8-6-15(24-2)7-9-16/h3-9,12,21H,10-11H2,1-2H3,(H2,19,20). The van der Waals surface area contributed by atoms with Gasteiger partial charge in [0.05, 0.1) is 17.5 Å². The lowest BCUT2D eigenvalue weighted by atomic mass is 9.89. The van der Waals surface area contributed by atoms with Crippen LogP contribution in [0.2, 0.25) is 0 Å². The highest BCUT2D eigenvalue weighted by Crippen LogP contribution is 2.36. The van der Waals surface area contributed by atoms with E-state index < -0.39 is 15.6 Å². The van der Waals surface area contributed by atoms with Crippen molar-refractivity contribution in [2.45, 2.75) is 23.8 Å². The average Bonchev–Trinajstić information content (AvgIpc) is 2.61. The van der Waals surface area contributed by atoms with E-state index in [9.17, 15) is 8.42 Å². The molecule has 3 rings (SSSR count). The first kappa shape index (κ1) is 18.6. The third-order valence-electron chi connectivity index (χ3n) is 4.30. The molecule has 0 radical (unpaired) electrons. The number of nitrogens with two attached hydrogens (primary N) is 1. The van der Waals surface area contributed by atoms with Crippen LogP contribution in [0.15, 0.2) is 58.4 Å². The fraction of sp³-hybridized carbons (Fsp3) is 0.278. The van der Waals surface area contributed by atoms with Crippen molar-refractivity contribution < 1.29 is 13.2 Å². The molecule has 1 aliphatic heterocycles. The summed E-state index contributed by atoms with van der Waals surface area (Å²) >= 11 is 1.54. The van der Waals surface area contributed by atoms with Crippen LogP contribution in [0.25, 0.3) is 0 Å². The first-order valence-corrected chi connectivity index (χ1v) is 10.5. The van der Waals surface area contributed by atoms with Gasteiger partial charge < -0.3 is 10.5 Å². The van der Waals surface area contributed by atoms with Crippen molar-refractivity contribution in [1.82, 2.24) is 0 Å². The monoisotopic (exact) mass is 391 g/mol. The van der Waals surface area contributed by atoms with Crippen molar-refractivity contribution in [3.63, 3.8) is 0 Å². The molecule has 0 spiro atoms. The Hall–Kier alpha value is -2.19. The van der Waals surface area contributed by atoms with Crippen molar-refractivity contribution >= 4 is 32.6 Å². The zero-order valence-electron chi connectivity index (χ0n) is 14.6. The van der Waals surface area contributed by atoms with Gasteiger partial charge in [-0.05, 0) is 55.3 Å². The van der Waals surface area contributed by atoms with Gasteiger partial charge in [0.2, 0.25) is 0 Å². The van der Waals surface area contributed by atoms with Crippen LogP contribution < -0.4 is 15.2 Å². The van der Waals surface area contributed by atoms with Gasteiger partial charge in [-0.1, -0.05) is 23.9 Å². The number of hydrogen-bond acceptors (Lipinski definition) is 6. The summed E-state index contributed by atoms with van der Waals surface area (Å²) in [7, 11) is -2.15. The SMILES string of the molecule is COc1ccc(S(=O)(=O)Nc2cccc(C3(C)CCSC(N)=N3)c2)cc1. The Bertz CT molecular complexity index is 927. The normalized spacial score (nSPS) is 20.3. The molecule has 8 heteroatoms. The van der Waals surface area contributed by atoms with Gasteiger partial charge in [-0.25, -0.2) is 8.42 Å². The van der Waals surface area contributed by atoms with E-state index in [2.05, 4.69) is 9.71 Å². The minimum atomic E-state index is -3.69. The Balaban J connectivity index is 1.87. The Morgan fingerprint density at radius 3 is 2.62 bits per heavy atom. The molecule has 0 fully saturated rings. The molecule has 138 valence electrons. The molecule has 2 aromatic rings. The number of methoxy groups -OCH3 is 1. The summed E-state index contributed by atoms with van der Waals surface area (Å²) in [5.41, 5.74) is 6.85. The molecule has 0 aromatic heterocycles. The molecular weight excluding hydrogens is 370 g/mol. The number of thioether (sulfide) groups is 1. The average molecular weight is 392 g/mol. The van der Waals surface area contributed by atoms with Crippen molar-refractivity contribution in [2.24, 2.45) is 10.7 Å². The number of anilines is 1. The maximum absolute atomic E-state index is 12.6.